The minimum absolute atomic E-state index is 0.0715. The SMILES string of the molecule is CCOC(=O)c1[nH]c2c(-c3ccccc3C)cccc2c1CCCOc1ccc(OS(=O)(=O)C(F)(F)F)c2c1C1CCC2C1. The van der Waals surface area contributed by atoms with E-state index in [1.807, 2.05) is 49.4 Å². The highest BCUT2D eigenvalue weighted by molar-refractivity contribution is 7.88. The summed E-state index contributed by atoms with van der Waals surface area (Å²) in [4.78, 5) is 16.3. The van der Waals surface area contributed by atoms with Gasteiger partial charge in [0.2, 0.25) is 0 Å². The van der Waals surface area contributed by atoms with E-state index in [1.54, 1.807) is 6.92 Å². The summed E-state index contributed by atoms with van der Waals surface area (Å²) < 4.78 is 78.7. The molecule has 1 aromatic heterocycles. The molecule has 1 fully saturated rings. The van der Waals surface area contributed by atoms with Crippen molar-refractivity contribution in [2.24, 2.45) is 0 Å². The van der Waals surface area contributed by atoms with Gasteiger partial charge in [-0.1, -0.05) is 42.5 Å². The largest absolute Gasteiger partial charge is 0.534 e. The summed E-state index contributed by atoms with van der Waals surface area (Å²) in [6.07, 6.45) is 3.37. The fraction of sp³-hybridized carbons (Fsp3) is 0.364. The molecule has 2 aliphatic rings. The van der Waals surface area contributed by atoms with Crippen molar-refractivity contribution in [3.63, 3.8) is 0 Å². The first-order valence-electron chi connectivity index (χ1n) is 14.7. The minimum Gasteiger partial charge on any atom is -0.493 e. The quantitative estimate of drug-likeness (QED) is 0.0831. The molecular formula is C33H32F3NO6S. The Hall–Kier alpha value is -3.99. The molecule has 1 heterocycles. The van der Waals surface area contributed by atoms with Crippen molar-refractivity contribution in [3.05, 3.63) is 82.5 Å². The molecular weight excluding hydrogens is 595 g/mol. The third-order valence-electron chi connectivity index (χ3n) is 8.62. The van der Waals surface area contributed by atoms with E-state index in [-0.39, 0.29) is 30.8 Å². The van der Waals surface area contributed by atoms with Gasteiger partial charge in [0.15, 0.2) is 0 Å². The molecule has 232 valence electrons. The normalized spacial score (nSPS) is 17.6. The lowest BCUT2D eigenvalue weighted by atomic mass is 9.90. The number of hydrogen-bond donors (Lipinski definition) is 1. The van der Waals surface area contributed by atoms with Crippen molar-refractivity contribution in [1.29, 1.82) is 0 Å². The van der Waals surface area contributed by atoms with E-state index in [0.717, 1.165) is 58.0 Å². The lowest BCUT2D eigenvalue weighted by Crippen LogP contribution is -2.28. The fourth-order valence-corrected chi connectivity index (χ4v) is 7.23. The zero-order chi connectivity index (χ0) is 31.2. The Morgan fingerprint density at radius 1 is 0.955 bits per heavy atom. The van der Waals surface area contributed by atoms with E-state index in [2.05, 4.69) is 9.17 Å². The number of rotatable bonds is 10. The number of nitrogens with one attached hydrogen (secondary N) is 1. The zero-order valence-electron chi connectivity index (χ0n) is 24.3. The second kappa shape index (κ2) is 11.5. The number of para-hydroxylation sites is 1. The number of halogens is 3. The van der Waals surface area contributed by atoms with Gasteiger partial charge >= 0.3 is 21.6 Å². The van der Waals surface area contributed by atoms with Crippen LogP contribution in [0.3, 0.4) is 0 Å². The molecule has 7 nitrogen and oxygen atoms in total. The van der Waals surface area contributed by atoms with Crippen LogP contribution >= 0.6 is 0 Å². The number of esters is 1. The van der Waals surface area contributed by atoms with Crippen LogP contribution in [-0.2, 0) is 21.3 Å². The molecule has 6 rings (SSSR count). The highest BCUT2D eigenvalue weighted by Gasteiger charge is 2.50. The number of aromatic amines is 1. The van der Waals surface area contributed by atoms with Crippen LogP contribution < -0.4 is 8.92 Å². The molecule has 2 unspecified atom stereocenters. The van der Waals surface area contributed by atoms with Crippen molar-refractivity contribution in [3.8, 4) is 22.6 Å². The number of aryl methyl sites for hydroxylation is 2. The molecule has 4 aromatic rings. The lowest BCUT2D eigenvalue weighted by Gasteiger charge is -2.22. The van der Waals surface area contributed by atoms with Crippen LogP contribution in [0.15, 0.2) is 54.6 Å². The second-order valence-electron chi connectivity index (χ2n) is 11.3. The number of H-pyrrole nitrogens is 1. The number of hydrogen-bond acceptors (Lipinski definition) is 6. The van der Waals surface area contributed by atoms with Crippen molar-refractivity contribution in [2.45, 2.75) is 63.3 Å². The predicted molar refractivity (Wildman–Crippen MR) is 160 cm³/mol. The number of fused-ring (bicyclic) bond motifs is 6. The van der Waals surface area contributed by atoms with Crippen LogP contribution in [0.25, 0.3) is 22.0 Å². The standard InChI is InChI=1S/C33H32F3NO6S/c1-3-41-32(38)31-25(24-11-6-10-23(30(24)37-31)22-9-5-4-8-19(22)2)12-7-17-42-26-15-16-27(43-44(39,40)33(34,35)36)29-21-14-13-20(18-21)28(26)29/h4-6,8-11,15-16,20-21,37H,3,7,12-14,17-18H2,1-2H3. The van der Waals surface area contributed by atoms with Crippen LogP contribution in [0, 0.1) is 6.92 Å². The summed E-state index contributed by atoms with van der Waals surface area (Å²) >= 11 is 0. The van der Waals surface area contributed by atoms with E-state index in [0.29, 0.717) is 29.8 Å². The Labute approximate surface area is 253 Å². The summed E-state index contributed by atoms with van der Waals surface area (Å²) in [5.74, 6) is -0.188. The molecule has 2 bridgehead atoms. The summed E-state index contributed by atoms with van der Waals surface area (Å²) in [7, 11) is -5.79. The van der Waals surface area contributed by atoms with Crippen LogP contribution in [-0.4, -0.2) is 38.1 Å². The molecule has 1 N–H and O–H groups in total. The van der Waals surface area contributed by atoms with Gasteiger partial charge in [-0.25, -0.2) is 4.79 Å². The molecule has 2 aliphatic carbocycles. The van der Waals surface area contributed by atoms with Crippen LogP contribution in [0.1, 0.15) is 77.2 Å². The van der Waals surface area contributed by atoms with Crippen LogP contribution in [0.2, 0.25) is 0 Å². The van der Waals surface area contributed by atoms with E-state index in [4.69, 9.17) is 9.47 Å². The van der Waals surface area contributed by atoms with E-state index in [1.165, 1.54) is 12.1 Å². The van der Waals surface area contributed by atoms with Gasteiger partial charge in [0, 0.05) is 22.1 Å². The first-order chi connectivity index (χ1) is 21.0. The average molecular weight is 628 g/mol. The van der Waals surface area contributed by atoms with Gasteiger partial charge in [-0.3, -0.25) is 0 Å². The fourth-order valence-electron chi connectivity index (χ4n) is 6.75. The average Bonchev–Trinajstić information content (AvgIpc) is 3.70. The van der Waals surface area contributed by atoms with Gasteiger partial charge in [-0.15, -0.1) is 0 Å². The molecule has 11 heteroatoms. The van der Waals surface area contributed by atoms with Gasteiger partial charge < -0.3 is 18.6 Å². The van der Waals surface area contributed by atoms with Crippen LogP contribution in [0.5, 0.6) is 11.5 Å². The molecule has 0 amide bonds. The van der Waals surface area contributed by atoms with Crippen molar-refractivity contribution < 1.29 is 40.0 Å². The Balaban J connectivity index is 1.25. The molecule has 44 heavy (non-hydrogen) atoms. The maximum absolute atomic E-state index is 13.0. The number of ether oxygens (including phenoxy) is 2. The molecule has 2 atom stereocenters. The molecule has 0 aliphatic heterocycles. The predicted octanol–water partition coefficient (Wildman–Crippen LogP) is 7.92. The first-order valence-corrected chi connectivity index (χ1v) is 16.1. The Bertz CT molecular complexity index is 1850. The first kappa shape index (κ1) is 30.1. The van der Waals surface area contributed by atoms with Gasteiger partial charge in [0.05, 0.1) is 18.7 Å². The maximum Gasteiger partial charge on any atom is 0.534 e. The minimum atomic E-state index is -5.79. The summed E-state index contributed by atoms with van der Waals surface area (Å²) in [6.45, 7) is 4.31. The summed E-state index contributed by atoms with van der Waals surface area (Å²) in [5.41, 5.74) is 0.927. The topological polar surface area (TPSA) is 94.7 Å². The number of benzene rings is 3. The second-order valence-corrected chi connectivity index (χ2v) is 12.8. The third-order valence-corrected chi connectivity index (χ3v) is 9.59. The smallest absolute Gasteiger partial charge is 0.493 e. The van der Waals surface area contributed by atoms with Gasteiger partial charge in [0.1, 0.15) is 17.2 Å². The number of carbonyl (C=O) groups excluding carboxylic acids is 1. The van der Waals surface area contributed by atoms with Crippen LogP contribution in [0.4, 0.5) is 13.2 Å². The highest BCUT2D eigenvalue weighted by atomic mass is 32.2. The molecule has 1 saturated carbocycles. The van der Waals surface area contributed by atoms with Gasteiger partial charge in [-0.05, 0) is 86.6 Å². The number of alkyl halides is 3. The van der Waals surface area contributed by atoms with Crippen molar-refractivity contribution in [1.82, 2.24) is 4.98 Å². The van der Waals surface area contributed by atoms with E-state index >= 15 is 0 Å². The van der Waals surface area contributed by atoms with Crippen molar-refractivity contribution in [2.75, 3.05) is 13.2 Å². The third kappa shape index (κ3) is 5.31. The Morgan fingerprint density at radius 2 is 1.64 bits per heavy atom. The highest BCUT2D eigenvalue weighted by Crippen LogP contribution is 2.59. The lowest BCUT2D eigenvalue weighted by molar-refractivity contribution is -0.0500. The maximum atomic E-state index is 13.0. The summed E-state index contributed by atoms with van der Waals surface area (Å²) in [6, 6.07) is 16.7. The van der Waals surface area contributed by atoms with E-state index < -0.39 is 21.6 Å². The number of carbonyl (C=O) groups is 1. The van der Waals surface area contributed by atoms with Gasteiger partial charge in [-0.2, -0.15) is 21.6 Å². The molecule has 0 spiro atoms. The number of aromatic nitrogens is 1. The van der Waals surface area contributed by atoms with E-state index in [9.17, 15) is 26.4 Å². The van der Waals surface area contributed by atoms with Crippen molar-refractivity contribution >= 4 is 27.0 Å². The molecule has 0 radical (unpaired) electrons. The Morgan fingerprint density at radius 3 is 2.34 bits per heavy atom. The zero-order valence-corrected chi connectivity index (χ0v) is 25.1. The molecule has 0 saturated heterocycles. The Kier molecular flexibility index (Phi) is 7.85. The van der Waals surface area contributed by atoms with Gasteiger partial charge in [0.25, 0.3) is 0 Å². The monoisotopic (exact) mass is 627 g/mol. The molecule has 3 aromatic carbocycles. The summed E-state index contributed by atoms with van der Waals surface area (Å²) in [5, 5.41) is 0.916.